The molecule has 1 amide bonds. The van der Waals surface area contributed by atoms with E-state index in [1.54, 1.807) is 16.6 Å². The second kappa shape index (κ2) is 7.50. The summed E-state index contributed by atoms with van der Waals surface area (Å²) in [7, 11) is 5.73. The molecule has 1 fully saturated rings. The van der Waals surface area contributed by atoms with Crippen LogP contribution in [0.3, 0.4) is 0 Å². The molecule has 26 heavy (non-hydrogen) atoms. The van der Waals surface area contributed by atoms with E-state index in [-0.39, 0.29) is 17.7 Å². The number of rotatable bonds is 6. The Balaban J connectivity index is 1.88. The van der Waals surface area contributed by atoms with Crippen molar-refractivity contribution in [1.29, 1.82) is 0 Å². The summed E-state index contributed by atoms with van der Waals surface area (Å²) < 4.78 is 7.12. The van der Waals surface area contributed by atoms with E-state index in [0.29, 0.717) is 19.5 Å². The Labute approximate surface area is 154 Å². The molecule has 1 aromatic heterocycles. The van der Waals surface area contributed by atoms with Crippen molar-refractivity contribution in [3.8, 4) is 5.75 Å². The maximum Gasteiger partial charge on any atom is 0.237 e. The van der Waals surface area contributed by atoms with Crippen LogP contribution >= 0.6 is 0 Å². The molecule has 6 heteroatoms. The minimum absolute atomic E-state index is 0.0661. The van der Waals surface area contributed by atoms with E-state index in [9.17, 15) is 9.59 Å². The van der Waals surface area contributed by atoms with E-state index in [1.165, 1.54) is 0 Å². The van der Waals surface area contributed by atoms with E-state index in [4.69, 9.17) is 4.74 Å². The van der Waals surface area contributed by atoms with Crippen LogP contribution in [0.5, 0.6) is 5.75 Å². The highest BCUT2D eigenvalue weighted by Gasteiger charge is 2.36. The highest BCUT2D eigenvalue weighted by molar-refractivity contribution is 5.97. The number of likely N-dealkylation sites (N-methyl/N-ethyl adjacent to an activating group) is 1. The molecule has 6 nitrogen and oxygen atoms in total. The lowest BCUT2D eigenvalue weighted by molar-refractivity contribution is -0.136. The van der Waals surface area contributed by atoms with Gasteiger partial charge in [-0.25, -0.2) is 0 Å². The topological polar surface area (TPSA) is 54.8 Å². The number of fused-ring (bicyclic) bond motifs is 1. The monoisotopic (exact) mass is 357 g/mol. The number of carbonyl (C=O) groups excluding carboxylic acids is 2. The lowest BCUT2D eigenvalue weighted by Gasteiger charge is -2.38. The summed E-state index contributed by atoms with van der Waals surface area (Å²) in [6, 6.07) is 5.83. The van der Waals surface area contributed by atoms with Crippen LogP contribution in [0.2, 0.25) is 0 Å². The normalized spacial score (nSPS) is 14.7. The van der Waals surface area contributed by atoms with Crippen molar-refractivity contribution in [3.05, 3.63) is 30.0 Å². The zero-order valence-electron chi connectivity index (χ0n) is 16.0. The first kappa shape index (κ1) is 18.5. The standard InChI is InChI=1S/C20H27N3O3/c1-5-19(24)22-11-15(12-22)20(25)23-13-14(8-9-21(2)3)17-10-16(26-4)6-7-18(17)23/h6-7,10,13,15H,5,8-9,11-12H2,1-4H3. The molecule has 1 aliphatic heterocycles. The third-order valence-electron chi connectivity index (χ3n) is 5.05. The SMILES string of the molecule is CCC(=O)N1CC(C(=O)n2cc(CCN(C)C)c3cc(OC)ccc32)C1. The van der Waals surface area contributed by atoms with Gasteiger partial charge in [-0.3, -0.25) is 14.2 Å². The number of benzene rings is 1. The van der Waals surface area contributed by atoms with Crippen molar-refractivity contribution in [2.45, 2.75) is 19.8 Å². The Bertz CT molecular complexity index is 819. The van der Waals surface area contributed by atoms with Gasteiger partial charge < -0.3 is 14.5 Å². The minimum atomic E-state index is -0.120. The summed E-state index contributed by atoms with van der Waals surface area (Å²) in [5.41, 5.74) is 2.05. The van der Waals surface area contributed by atoms with Gasteiger partial charge >= 0.3 is 0 Å². The van der Waals surface area contributed by atoms with Crippen LogP contribution in [0.1, 0.15) is 23.7 Å². The Hall–Kier alpha value is -2.34. The molecule has 0 spiro atoms. The molecule has 0 unspecified atom stereocenters. The summed E-state index contributed by atoms with van der Waals surface area (Å²) in [5.74, 6) is 0.848. The average Bonchev–Trinajstić information content (AvgIpc) is 2.96. The van der Waals surface area contributed by atoms with Gasteiger partial charge in [-0.15, -0.1) is 0 Å². The van der Waals surface area contributed by atoms with E-state index in [1.807, 2.05) is 45.4 Å². The number of nitrogens with zero attached hydrogens (tertiary/aromatic N) is 3. The predicted molar refractivity (Wildman–Crippen MR) is 102 cm³/mol. The van der Waals surface area contributed by atoms with Crippen LogP contribution in [0.4, 0.5) is 0 Å². The van der Waals surface area contributed by atoms with Gasteiger partial charge in [-0.05, 0) is 44.3 Å². The van der Waals surface area contributed by atoms with Crippen LogP contribution in [0, 0.1) is 5.92 Å². The maximum atomic E-state index is 13.0. The summed E-state index contributed by atoms with van der Waals surface area (Å²) in [6.07, 6.45) is 3.31. The quantitative estimate of drug-likeness (QED) is 0.796. The molecule has 0 atom stereocenters. The Morgan fingerprint density at radius 2 is 2.00 bits per heavy atom. The number of aromatic nitrogens is 1. The summed E-state index contributed by atoms with van der Waals surface area (Å²) >= 11 is 0. The fourth-order valence-corrected chi connectivity index (χ4v) is 3.39. The highest BCUT2D eigenvalue weighted by Crippen LogP contribution is 2.29. The fourth-order valence-electron chi connectivity index (χ4n) is 3.39. The molecule has 0 bridgehead atoms. The Morgan fingerprint density at radius 3 is 2.62 bits per heavy atom. The minimum Gasteiger partial charge on any atom is -0.497 e. The van der Waals surface area contributed by atoms with Crippen LogP contribution < -0.4 is 4.74 Å². The van der Waals surface area contributed by atoms with E-state index >= 15 is 0 Å². The number of hydrogen-bond acceptors (Lipinski definition) is 4. The highest BCUT2D eigenvalue weighted by atomic mass is 16.5. The molecular weight excluding hydrogens is 330 g/mol. The molecule has 1 aromatic carbocycles. The van der Waals surface area contributed by atoms with Gasteiger partial charge in [0.1, 0.15) is 5.75 Å². The second-order valence-corrected chi connectivity index (χ2v) is 7.15. The third-order valence-corrected chi connectivity index (χ3v) is 5.05. The molecule has 1 aliphatic rings. The molecule has 140 valence electrons. The van der Waals surface area contributed by atoms with Crippen molar-refractivity contribution in [1.82, 2.24) is 14.4 Å². The number of methoxy groups -OCH3 is 1. The summed E-state index contributed by atoms with van der Waals surface area (Å²) in [5, 5.41) is 1.06. The molecule has 0 aliphatic carbocycles. The first-order valence-electron chi connectivity index (χ1n) is 9.09. The van der Waals surface area contributed by atoms with E-state index in [0.717, 1.165) is 35.2 Å². The lowest BCUT2D eigenvalue weighted by atomic mass is 9.98. The van der Waals surface area contributed by atoms with Gasteiger partial charge in [-0.2, -0.15) is 0 Å². The smallest absolute Gasteiger partial charge is 0.237 e. The maximum absolute atomic E-state index is 13.0. The molecule has 0 radical (unpaired) electrons. The molecule has 0 N–H and O–H groups in total. The number of hydrogen-bond donors (Lipinski definition) is 0. The van der Waals surface area contributed by atoms with Gasteiger partial charge in [-0.1, -0.05) is 6.92 Å². The molecule has 2 aromatic rings. The first-order valence-corrected chi connectivity index (χ1v) is 9.09. The number of likely N-dealkylation sites (tertiary alicyclic amines) is 1. The zero-order chi connectivity index (χ0) is 18.8. The van der Waals surface area contributed by atoms with Gasteiger partial charge in [0, 0.05) is 37.6 Å². The van der Waals surface area contributed by atoms with Crippen molar-refractivity contribution < 1.29 is 14.3 Å². The number of amides is 1. The van der Waals surface area contributed by atoms with Crippen LogP contribution in [-0.2, 0) is 11.2 Å². The van der Waals surface area contributed by atoms with Crippen molar-refractivity contribution in [2.75, 3.05) is 40.8 Å². The van der Waals surface area contributed by atoms with Crippen LogP contribution in [0.25, 0.3) is 10.9 Å². The number of ether oxygens (including phenoxy) is 1. The zero-order valence-corrected chi connectivity index (χ0v) is 16.0. The molecule has 0 saturated carbocycles. The van der Waals surface area contributed by atoms with Gasteiger partial charge in [0.2, 0.25) is 11.8 Å². The van der Waals surface area contributed by atoms with E-state index in [2.05, 4.69) is 4.90 Å². The van der Waals surface area contributed by atoms with Gasteiger partial charge in [0.25, 0.3) is 0 Å². The summed E-state index contributed by atoms with van der Waals surface area (Å²) in [6.45, 7) is 3.80. The van der Waals surface area contributed by atoms with Crippen molar-refractivity contribution in [3.63, 3.8) is 0 Å². The predicted octanol–water partition coefficient (Wildman–Crippen LogP) is 2.26. The molecule has 1 saturated heterocycles. The van der Waals surface area contributed by atoms with Gasteiger partial charge in [0.15, 0.2) is 0 Å². The first-order chi connectivity index (χ1) is 12.4. The lowest BCUT2D eigenvalue weighted by Crippen LogP contribution is -2.53. The van der Waals surface area contributed by atoms with Gasteiger partial charge in [0.05, 0.1) is 18.5 Å². The largest absolute Gasteiger partial charge is 0.497 e. The third kappa shape index (κ3) is 3.46. The molecular formula is C20H27N3O3. The Morgan fingerprint density at radius 1 is 1.27 bits per heavy atom. The number of carbonyl (C=O) groups is 2. The van der Waals surface area contributed by atoms with Crippen LogP contribution in [0.15, 0.2) is 24.4 Å². The molecule has 3 rings (SSSR count). The van der Waals surface area contributed by atoms with Crippen LogP contribution in [-0.4, -0.2) is 67.0 Å². The second-order valence-electron chi connectivity index (χ2n) is 7.15. The average molecular weight is 357 g/mol. The fraction of sp³-hybridized carbons (Fsp3) is 0.500. The van der Waals surface area contributed by atoms with Crippen molar-refractivity contribution in [2.24, 2.45) is 5.92 Å². The molecule has 2 heterocycles. The van der Waals surface area contributed by atoms with Crippen molar-refractivity contribution >= 4 is 22.7 Å². The van der Waals surface area contributed by atoms with E-state index < -0.39 is 0 Å². The Kier molecular flexibility index (Phi) is 5.32. The summed E-state index contributed by atoms with van der Waals surface area (Å²) in [4.78, 5) is 28.6.